The molecule has 1 aromatic heterocycles. The Bertz CT molecular complexity index is 471. The van der Waals surface area contributed by atoms with Gasteiger partial charge in [0.2, 0.25) is 0 Å². The van der Waals surface area contributed by atoms with E-state index in [2.05, 4.69) is 10.4 Å². The smallest absolute Gasteiger partial charge is 0.435 e. The maximum atomic E-state index is 11.8. The molecule has 0 amide bonds. The molecule has 1 aliphatic heterocycles. The van der Waals surface area contributed by atoms with Gasteiger partial charge in [-0.3, -0.25) is 4.79 Å². The average Bonchev–Trinajstić information content (AvgIpc) is 2.60. The molecule has 1 aromatic rings. The molecule has 0 saturated heterocycles. The highest BCUT2D eigenvalue weighted by molar-refractivity contribution is 6.00. The molecule has 0 aliphatic carbocycles. The fourth-order valence-corrected chi connectivity index (χ4v) is 1.63. The largest absolute Gasteiger partial charge is 0.442 e. The van der Waals surface area contributed by atoms with Crippen molar-refractivity contribution < 1.29 is 14.3 Å². The molecule has 0 saturated carbocycles. The van der Waals surface area contributed by atoms with Gasteiger partial charge in [-0.25, -0.2) is 4.79 Å². The predicted molar refractivity (Wildman–Crippen MR) is 59.9 cm³/mol. The lowest BCUT2D eigenvalue weighted by molar-refractivity contribution is 0.0508. The summed E-state index contributed by atoms with van der Waals surface area (Å²) < 4.78 is 6.35. The Balaban J connectivity index is 2.29. The maximum absolute atomic E-state index is 11.8. The quantitative estimate of drug-likeness (QED) is 0.727. The molecule has 6 nitrogen and oxygen atoms in total. The molecule has 6 heteroatoms. The molecule has 17 heavy (non-hydrogen) atoms. The Morgan fingerprint density at radius 3 is 2.82 bits per heavy atom. The second kappa shape index (κ2) is 3.96. The Labute approximate surface area is 98.9 Å². The Morgan fingerprint density at radius 2 is 2.18 bits per heavy atom. The molecule has 0 aromatic carbocycles. The van der Waals surface area contributed by atoms with E-state index in [9.17, 15) is 9.59 Å². The lowest BCUT2D eigenvalue weighted by Gasteiger charge is -2.20. The second-order valence-corrected chi connectivity index (χ2v) is 4.92. The van der Waals surface area contributed by atoms with Crippen molar-refractivity contribution in [2.45, 2.75) is 32.9 Å². The monoisotopic (exact) mass is 237 g/mol. The van der Waals surface area contributed by atoms with E-state index in [1.165, 1.54) is 6.20 Å². The SMILES string of the molecule is CC(C)(C)OC(=O)n1ncc2c1CNCC2=O. The normalized spacial score (nSPS) is 15.6. The van der Waals surface area contributed by atoms with Crippen molar-refractivity contribution in [3.05, 3.63) is 17.5 Å². The van der Waals surface area contributed by atoms with Crippen molar-refractivity contribution in [2.24, 2.45) is 0 Å². The van der Waals surface area contributed by atoms with Gasteiger partial charge in [0.1, 0.15) is 5.60 Å². The molecule has 2 rings (SSSR count). The van der Waals surface area contributed by atoms with Crippen LogP contribution in [0.1, 0.15) is 36.8 Å². The number of nitrogens with zero attached hydrogens (tertiary/aromatic N) is 2. The molecule has 0 fully saturated rings. The predicted octanol–water partition coefficient (Wildman–Crippen LogP) is 0.952. The first-order chi connectivity index (χ1) is 7.88. The van der Waals surface area contributed by atoms with E-state index in [0.717, 1.165) is 4.68 Å². The Morgan fingerprint density at radius 1 is 1.47 bits per heavy atom. The number of fused-ring (bicyclic) bond motifs is 1. The number of rotatable bonds is 0. The molecule has 0 unspecified atom stereocenters. The number of hydrogen-bond acceptors (Lipinski definition) is 5. The highest BCUT2D eigenvalue weighted by atomic mass is 16.6. The summed E-state index contributed by atoms with van der Waals surface area (Å²) in [7, 11) is 0. The zero-order valence-corrected chi connectivity index (χ0v) is 10.1. The minimum absolute atomic E-state index is 0.0546. The van der Waals surface area contributed by atoms with Crippen molar-refractivity contribution >= 4 is 11.9 Å². The molecule has 0 spiro atoms. The van der Waals surface area contributed by atoms with Crippen LogP contribution >= 0.6 is 0 Å². The number of carbonyl (C=O) groups is 2. The van der Waals surface area contributed by atoms with Crippen LogP contribution in [-0.2, 0) is 11.3 Å². The summed E-state index contributed by atoms with van der Waals surface area (Å²) in [6.45, 7) is 6.08. The number of aromatic nitrogens is 2. The molecular weight excluding hydrogens is 222 g/mol. The Hall–Kier alpha value is -1.69. The number of ketones is 1. The molecule has 1 aliphatic rings. The third-order valence-electron chi connectivity index (χ3n) is 2.31. The Kier molecular flexibility index (Phi) is 2.74. The van der Waals surface area contributed by atoms with Crippen LogP contribution in [0.2, 0.25) is 0 Å². The fourth-order valence-electron chi connectivity index (χ4n) is 1.63. The third-order valence-corrected chi connectivity index (χ3v) is 2.31. The molecule has 0 atom stereocenters. The minimum Gasteiger partial charge on any atom is -0.442 e. The molecule has 1 N–H and O–H groups in total. The van der Waals surface area contributed by atoms with E-state index in [0.29, 0.717) is 17.8 Å². The van der Waals surface area contributed by atoms with Crippen LogP contribution in [0.3, 0.4) is 0 Å². The number of Topliss-reactive ketones (excluding diaryl/α,β-unsaturated/α-hetero) is 1. The van der Waals surface area contributed by atoms with Gasteiger partial charge in [0.05, 0.1) is 24.0 Å². The number of ether oxygens (including phenoxy) is 1. The molecular formula is C11H15N3O3. The summed E-state index contributed by atoms with van der Waals surface area (Å²) in [6, 6.07) is 0. The van der Waals surface area contributed by atoms with Gasteiger partial charge in [-0.05, 0) is 20.8 Å². The number of nitrogens with one attached hydrogen (secondary N) is 1. The van der Waals surface area contributed by atoms with Crippen LogP contribution in [0.25, 0.3) is 0 Å². The maximum Gasteiger partial charge on any atom is 0.435 e. The summed E-state index contributed by atoms with van der Waals surface area (Å²) in [5.41, 5.74) is 0.479. The zero-order chi connectivity index (χ0) is 12.6. The van der Waals surface area contributed by atoms with Gasteiger partial charge in [0.15, 0.2) is 5.78 Å². The first-order valence-corrected chi connectivity index (χ1v) is 5.42. The van der Waals surface area contributed by atoms with E-state index in [1.54, 1.807) is 20.8 Å². The van der Waals surface area contributed by atoms with E-state index in [-0.39, 0.29) is 12.3 Å². The molecule has 92 valence electrons. The first kappa shape index (κ1) is 11.8. The van der Waals surface area contributed by atoms with Crippen LogP contribution in [0.5, 0.6) is 0 Å². The molecule has 0 radical (unpaired) electrons. The topological polar surface area (TPSA) is 73.2 Å². The van der Waals surface area contributed by atoms with Gasteiger partial charge in [-0.15, -0.1) is 0 Å². The van der Waals surface area contributed by atoms with Crippen LogP contribution < -0.4 is 5.32 Å². The van der Waals surface area contributed by atoms with Crippen molar-refractivity contribution in [1.82, 2.24) is 15.1 Å². The highest BCUT2D eigenvalue weighted by Crippen LogP contribution is 2.15. The summed E-state index contributed by atoms with van der Waals surface area (Å²) in [4.78, 5) is 23.4. The van der Waals surface area contributed by atoms with Gasteiger partial charge < -0.3 is 10.1 Å². The third kappa shape index (κ3) is 2.36. The molecule has 0 bridgehead atoms. The van der Waals surface area contributed by atoms with Crippen molar-refractivity contribution in [2.75, 3.05) is 6.54 Å². The van der Waals surface area contributed by atoms with Crippen molar-refractivity contribution in [1.29, 1.82) is 0 Å². The lowest BCUT2D eigenvalue weighted by Crippen LogP contribution is -2.34. The average molecular weight is 237 g/mol. The summed E-state index contributed by atoms with van der Waals surface area (Å²) in [6.07, 6.45) is 0.859. The van der Waals surface area contributed by atoms with Crippen LogP contribution in [0, 0.1) is 0 Å². The van der Waals surface area contributed by atoms with Crippen LogP contribution in [0.15, 0.2) is 6.20 Å². The van der Waals surface area contributed by atoms with Crippen LogP contribution in [-0.4, -0.2) is 33.8 Å². The number of hydrogen-bond donors (Lipinski definition) is 1. The standard InChI is InChI=1S/C11H15N3O3/c1-11(2,3)17-10(16)14-8-5-12-6-9(15)7(8)4-13-14/h4,12H,5-6H2,1-3H3. The fraction of sp³-hybridized carbons (Fsp3) is 0.545. The van der Waals surface area contributed by atoms with Gasteiger partial charge >= 0.3 is 6.09 Å². The van der Waals surface area contributed by atoms with Gasteiger partial charge in [-0.1, -0.05) is 0 Å². The van der Waals surface area contributed by atoms with E-state index in [4.69, 9.17) is 4.74 Å². The van der Waals surface area contributed by atoms with Crippen molar-refractivity contribution in [3.8, 4) is 0 Å². The lowest BCUT2D eigenvalue weighted by atomic mass is 10.1. The van der Waals surface area contributed by atoms with Crippen molar-refractivity contribution in [3.63, 3.8) is 0 Å². The molecule has 2 heterocycles. The van der Waals surface area contributed by atoms with E-state index < -0.39 is 11.7 Å². The van der Waals surface area contributed by atoms with Gasteiger partial charge in [0.25, 0.3) is 0 Å². The number of carbonyl (C=O) groups excluding carboxylic acids is 2. The zero-order valence-electron chi connectivity index (χ0n) is 10.1. The van der Waals surface area contributed by atoms with Gasteiger partial charge in [-0.2, -0.15) is 9.78 Å². The summed E-state index contributed by atoms with van der Waals surface area (Å²) >= 11 is 0. The van der Waals surface area contributed by atoms with Gasteiger partial charge in [0, 0.05) is 6.54 Å². The van der Waals surface area contributed by atoms with E-state index in [1.807, 2.05) is 0 Å². The summed E-state index contributed by atoms with van der Waals surface area (Å²) in [5.74, 6) is -0.0546. The van der Waals surface area contributed by atoms with E-state index >= 15 is 0 Å². The second-order valence-electron chi connectivity index (χ2n) is 4.92. The minimum atomic E-state index is -0.581. The van der Waals surface area contributed by atoms with Crippen LogP contribution in [0.4, 0.5) is 4.79 Å². The highest BCUT2D eigenvalue weighted by Gasteiger charge is 2.26. The first-order valence-electron chi connectivity index (χ1n) is 5.42. The summed E-state index contributed by atoms with van der Waals surface area (Å²) in [5, 5.41) is 6.83.